The smallest absolute Gasteiger partial charge is 0.393 e. The molecule has 600 valence electrons. The molecule has 4 aromatic carbocycles. The van der Waals surface area contributed by atoms with Gasteiger partial charge in [0, 0.05) is 176 Å². The van der Waals surface area contributed by atoms with E-state index in [0.29, 0.717) is 25.2 Å². The summed E-state index contributed by atoms with van der Waals surface area (Å²) in [5, 5.41) is 73.2. The number of benzene rings is 4. The zero-order valence-electron chi connectivity index (χ0n) is 63.2. The molecule has 8 aromatic rings. The number of aliphatic hydroxyl groups excluding tert-OH is 8. The van der Waals surface area contributed by atoms with E-state index >= 15 is 0 Å². The third-order valence-corrected chi connectivity index (χ3v) is 15.1. The maximum Gasteiger partial charge on any atom is 0.459 e. The van der Waals surface area contributed by atoms with Crippen LogP contribution in [0, 0.1) is 82.1 Å². The van der Waals surface area contributed by atoms with Crippen LogP contribution in [0.25, 0.3) is 45.0 Å². The molecule has 0 fully saturated rings. The maximum atomic E-state index is 13.0. The van der Waals surface area contributed by atoms with Crippen LogP contribution in [0.1, 0.15) is 157 Å². The monoisotopic (exact) mass is 2200 g/mol. The zero-order valence-corrected chi connectivity index (χ0v) is 72.8. The van der Waals surface area contributed by atoms with Gasteiger partial charge in [0.2, 0.25) is 0 Å². The van der Waals surface area contributed by atoms with Gasteiger partial charge in [-0.05, 0) is 103 Å². The Labute approximate surface area is 677 Å². The molecular formula is C79H107F7Ir4N8O8-4. The third kappa shape index (κ3) is 41.7. The SMILES string of the molecule is CC(C)(C)C(O)CC(O)C(F)(F)C(F)(F)C(F)(F)F.CC(C)C(O)CC(O)C(C)C.CC(C)CC(O)CC(C)O.CCC(O)CC(O)CC.Cc1cnc(-c2[c-]cccc2)c(C)n1.Cc1nccnc1-c1[c-]cccc1.Cc1nccnc1-c1[c-]cccc1.Cc1nccnc1-c1[c-]cccc1.[Ir].[Ir].[Ir].[Ir]. The van der Waals surface area contributed by atoms with Crippen LogP contribution in [0.5, 0.6) is 0 Å². The molecule has 0 aliphatic rings. The summed E-state index contributed by atoms with van der Waals surface area (Å²) in [6.07, 6.45) is 0.847. The Balaban J connectivity index is -0.000000563. The molecule has 8 rings (SSSR count). The Bertz CT molecular complexity index is 3290. The summed E-state index contributed by atoms with van der Waals surface area (Å²) in [5.41, 5.74) is 11.3. The number of hydrogen-bond acceptors (Lipinski definition) is 16. The third-order valence-electron chi connectivity index (χ3n) is 15.1. The van der Waals surface area contributed by atoms with Crippen LogP contribution in [0.15, 0.2) is 140 Å². The number of aryl methyl sites for hydroxylation is 5. The van der Waals surface area contributed by atoms with E-state index < -0.39 is 42.1 Å². The number of aliphatic hydroxyl groups is 8. The van der Waals surface area contributed by atoms with Crippen molar-refractivity contribution in [2.75, 3.05) is 0 Å². The molecule has 4 heterocycles. The molecule has 0 saturated heterocycles. The Morgan fingerprint density at radius 1 is 0.387 bits per heavy atom. The van der Waals surface area contributed by atoms with Crippen molar-refractivity contribution in [2.24, 2.45) is 23.2 Å². The Morgan fingerprint density at radius 3 is 0.953 bits per heavy atom. The summed E-state index contributed by atoms with van der Waals surface area (Å²) in [5.74, 6) is -11.1. The first-order valence-electron chi connectivity index (χ1n) is 33.9. The van der Waals surface area contributed by atoms with Gasteiger partial charge < -0.3 is 60.8 Å². The largest absolute Gasteiger partial charge is 0.459 e. The van der Waals surface area contributed by atoms with Crippen molar-refractivity contribution in [3.8, 4) is 45.0 Å². The molecule has 0 bridgehead atoms. The van der Waals surface area contributed by atoms with Crippen molar-refractivity contribution in [3.05, 3.63) is 193 Å². The van der Waals surface area contributed by atoms with Crippen LogP contribution < -0.4 is 0 Å². The standard InChI is InChI=1S/C12H11N2.3C11H9N2.C10H15F7O2.C9H20O2.C8H18O2.C7H16O2.4Ir/c1-9-8-13-12(10(2)14-9)11-6-4-3-5-7-11;3*1-9-11(13-8-7-12-9)10-5-3-2-4-6-10;1-7(2,3)5(18)4-6(19)8(11,12)9(13,14)10(15,16)17;1-6(2)8(10)5-9(11)7(3)4;1-6(2)4-8(10)5-7(3)9;1-3-6(8)5-7(9)4-2;;;;/h3-6,8H,1-2H3;3*2-5,7-8H,1H3;5-6,18-19H,4H2,1-3H3;6-11H,5H2,1-4H3;6-10H,4-5H2,1-3H3;6-9H,3-5H2,1-2H3;;;;/q4*-1;;;;;;;;. The van der Waals surface area contributed by atoms with Gasteiger partial charge >= 0.3 is 18.0 Å². The van der Waals surface area contributed by atoms with E-state index in [0.717, 1.165) is 92.8 Å². The quantitative estimate of drug-likeness (QED) is 0.0260. The van der Waals surface area contributed by atoms with Gasteiger partial charge in [-0.3, -0.25) is 19.9 Å². The molecule has 0 aliphatic heterocycles. The Kier molecular flexibility index (Phi) is 56.1. The molecule has 4 aromatic heterocycles. The predicted molar refractivity (Wildman–Crippen MR) is 386 cm³/mol. The summed E-state index contributed by atoms with van der Waals surface area (Å²) in [4.78, 5) is 34.0. The van der Waals surface area contributed by atoms with Gasteiger partial charge in [-0.2, -0.15) is 30.7 Å². The van der Waals surface area contributed by atoms with E-state index in [4.69, 9.17) is 20.4 Å². The number of rotatable bonds is 20. The zero-order chi connectivity index (χ0) is 77.6. The van der Waals surface area contributed by atoms with Crippen molar-refractivity contribution < 1.29 is 152 Å². The molecule has 0 amide bonds. The topological polar surface area (TPSA) is 265 Å². The minimum Gasteiger partial charge on any atom is -0.393 e. The molecule has 8 N–H and O–H groups in total. The number of hydrogen-bond donors (Lipinski definition) is 8. The second-order valence-electron chi connectivity index (χ2n) is 26.4. The number of alkyl halides is 7. The number of aromatic nitrogens is 8. The maximum absolute atomic E-state index is 13.0. The van der Waals surface area contributed by atoms with E-state index in [1.165, 1.54) is 20.8 Å². The fourth-order valence-electron chi connectivity index (χ4n) is 8.63. The predicted octanol–water partition coefficient (Wildman–Crippen LogP) is 15.8. The first-order valence-corrected chi connectivity index (χ1v) is 33.9. The summed E-state index contributed by atoms with van der Waals surface area (Å²) in [6, 6.07) is 43.6. The molecule has 0 aliphatic carbocycles. The van der Waals surface area contributed by atoms with Gasteiger partial charge in [0.1, 0.15) is 6.10 Å². The molecule has 106 heavy (non-hydrogen) atoms. The van der Waals surface area contributed by atoms with E-state index in [2.05, 4.69) is 78.0 Å². The minimum absolute atomic E-state index is 0. The van der Waals surface area contributed by atoms with E-state index in [1.807, 2.05) is 173 Å². The van der Waals surface area contributed by atoms with Crippen LogP contribution in [0.4, 0.5) is 30.7 Å². The normalized spacial score (nSPS) is 13.2. The van der Waals surface area contributed by atoms with Crippen molar-refractivity contribution in [1.29, 1.82) is 0 Å². The van der Waals surface area contributed by atoms with E-state index in [1.54, 1.807) is 50.3 Å². The fourth-order valence-corrected chi connectivity index (χ4v) is 8.63. The first kappa shape index (κ1) is 107. The first-order chi connectivity index (χ1) is 47.6. The average molecular weight is 2200 g/mol. The van der Waals surface area contributed by atoms with Gasteiger partial charge in [-0.25, -0.2) is 0 Å². The van der Waals surface area contributed by atoms with Crippen LogP contribution in [-0.4, -0.2) is 148 Å². The molecular weight excluding hydrogens is 2090 g/mol. The second kappa shape index (κ2) is 55.4. The van der Waals surface area contributed by atoms with Gasteiger partial charge in [0.15, 0.2) is 0 Å². The molecule has 0 saturated carbocycles. The van der Waals surface area contributed by atoms with Crippen molar-refractivity contribution in [2.45, 2.75) is 230 Å². The van der Waals surface area contributed by atoms with E-state index in [-0.39, 0.29) is 129 Å². The van der Waals surface area contributed by atoms with Gasteiger partial charge in [-0.1, -0.05) is 76.2 Å². The van der Waals surface area contributed by atoms with Crippen molar-refractivity contribution in [3.63, 3.8) is 0 Å². The molecule has 8 atom stereocenters. The Hall–Kier alpha value is -5.01. The molecule has 0 spiro atoms. The van der Waals surface area contributed by atoms with Crippen LogP contribution in [0.3, 0.4) is 0 Å². The minimum atomic E-state index is -6.50. The summed E-state index contributed by atoms with van der Waals surface area (Å²) in [7, 11) is 0. The number of nitrogens with zero attached hydrogens (tertiary/aromatic N) is 8. The summed E-state index contributed by atoms with van der Waals surface area (Å²) in [6.45, 7) is 31.3. The summed E-state index contributed by atoms with van der Waals surface area (Å²) >= 11 is 0. The molecule has 16 nitrogen and oxygen atoms in total. The van der Waals surface area contributed by atoms with Gasteiger partial charge in [0.25, 0.3) is 0 Å². The summed E-state index contributed by atoms with van der Waals surface area (Å²) < 4.78 is 86.8. The van der Waals surface area contributed by atoms with E-state index in [9.17, 15) is 51.2 Å². The molecule has 27 heteroatoms. The molecule has 8 unspecified atom stereocenters. The van der Waals surface area contributed by atoms with Crippen LogP contribution in [0.2, 0.25) is 0 Å². The number of halogens is 7. The average Bonchev–Trinajstić information content (AvgIpc) is 0.763. The Morgan fingerprint density at radius 2 is 0.708 bits per heavy atom. The van der Waals surface area contributed by atoms with Crippen molar-refractivity contribution in [1.82, 2.24) is 39.9 Å². The van der Waals surface area contributed by atoms with Crippen molar-refractivity contribution >= 4 is 0 Å². The van der Waals surface area contributed by atoms with Crippen LogP contribution in [-0.2, 0) is 80.4 Å². The van der Waals surface area contributed by atoms with Gasteiger partial charge in [0.05, 0.1) is 48.4 Å². The van der Waals surface area contributed by atoms with Crippen LogP contribution >= 0.6 is 0 Å². The molecule has 4 radical (unpaired) electrons. The fraction of sp³-hybridized carbons (Fsp3) is 0.494. The second-order valence-corrected chi connectivity index (χ2v) is 26.4. The van der Waals surface area contributed by atoms with Gasteiger partial charge in [-0.15, -0.1) is 144 Å².